The van der Waals surface area contributed by atoms with Gasteiger partial charge >= 0.3 is 12.1 Å². The fourth-order valence-electron chi connectivity index (χ4n) is 2.99. The molecule has 0 fully saturated rings. The molecule has 158 valence electrons. The molecule has 0 bridgehead atoms. The average Bonchev–Trinajstić information content (AvgIpc) is 3.08. The molecular formula is C22H20F3NO4. The molecule has 0 aliphatic carbocycles. The van der Waals surface area contributed by atoms with Crippen LogP contribution in [-0.2, 0) is 17.4 Å². The van der Waals surface area contributed by atoms with Crippen molar-refractivity contribution in [2.75, 3.05) is 0 Å². The number of aryl methyl sites for hydroxylation is 2. The van der Waals surface area contributed by atoms with Crippen molar-refractivity contribution < 1.29 is 32.2 Å². The third-order valence-electron chi connectivity index (χ3n) is 4.50. The SMILES string of the molecule is Cc1nc(-c2ccc(C(F)(F)F)cc2)oc1[C@H](C)Oc1cccc(CCC(=O)O)c1. The van der Waals surface area contributed by atoms with Gasteiger partial charge in [-0.3, -0.25) is 4.79 Å². The number of carboxylic acids is 1. The minimum absolute atomic E-state index is 0.0245. The summed E-state index contributed by atoms with van der Waals surface area (Å²) in [6.07, 6.45) is -4.50. The first-order valence-corrected chi connectivity index (χ1v) is 9.26. The summed E-state index contributed by atoms with van der Waals surface area (Å²) in [6, 6.07) is 11.7. The van der Waals surface area contributed by atoms with E-state index in [1.807, 2.05) is 6.07 Å². The van der Waals surface area contributed by atoms with Crippen LogP contribution in [0.15, 0.2) is 52.9 Å². The summed E-state index contributed by atoms with van der Waals surface area (Å²) in [5.41, 5.74) is 1.09. The molecular weight excluding hydrogens is 399 g/mol. The summed E-state index contributed by atoms with van der Waals surface area (Å²) >= 11 is 0. The van der Waals surface area contributed by atoms with E-state index in [1.54, 1.807) is 32.0 Å². The van der Waals surface area contributed by atoms with Crippen molar-refractivity contribution in [3.05, 3.63) is 71.1 Å². The molecule has 0 unspecified atom stereocenters. The van der Waals surface area contributed by atoms with Gasteiger partial charge in [0, 0.05) is 12.0 Å². The molecule has 1 aromatic heterocycles. The molecule has 0 amide bonds. The van der Waals surface area contributed by atoms with Gasteiger partial charge in [0.1, 0.15) is 5.75 Å². The Morgan fingerprint density at radius 2 is 1.90 bits per heavy atom. The molecule has 1 atom stereocenters. The summed E-state index contributed by atoms with van der Waals surface area (Å²) in [7, 11) is 0. The summed E-state index contributed by atoms with van der Waals surface area (Å²) < 4.78 is 49.9. The zero-order valence-electron chi connectivity index (χ0n) is 16.4. The van der Waals surface area contributed by atoms with Gasteiger partial charge in [-0.15, -0.1) is 0 Å². The second kappa shape index (κ2) is 8.61. The topological polar surface area (TPSA) is 72.6 Å². The monoisotopic (exact) mass is 419 g/mol. The molecule has 2 aromatic carbocycles. The third kappa shape index (κ3) is 5.20. The van der Waals surface area contributed by atoms with Gasteiger partial charge in [-0.05, 0) is 62.2 Å². The highest BCUT2D eigenvalue weighted by molar-refractivity contribution is 5.67. The second-order valence-corrected chi connectivity index (χ2v) is 6.85. The van der Waals surface area contributed by atoms with Gasteiger partial charge in [0.15, 0.2) is 11.9 Å². The summed E-state index contributed by atoms with van der Waals surface area (Å²) in [5, 5.41) is 8.81. The molecule has 1 N–H and O–H groups in total. The quantitative estimate of drug-likeness (QED) is 0.522. The van der Waals surface area contributed by atoms with Crippen LogP contribution < -0.4 is 4.74 Å². The maximum absolute atomic E-state index is 12.7. The first-order valence-electron chi connectivity index (χ1n) is 9.26. The van der Waals surface area contributed by atoms with E-state index in [1.165, 1.54) is 12.1 Å². The number of rotatable bonds is 7. The van der Waals surface area contributed by atoms with E-state index in [0.29, 0.717) is 29.2 Å². The van der Waals surface area contributed by atoms with E-state index in [9.17, 15) is 18.0 Å². The lowest BCUT2D eigenvalue weighted by atomic mass is 10.1. The molecule has 0 saturated carbocycles. The highest BCUT2D eigenvalue weighted by Crippen LogP contribution is 2.33. The number of hydrogen-bond acceptors (Lipinski definition) is 4. The fourth-order valence-corrected chi connectivity index (χ4v) is 2.99. The molecule has 5 nitrogen and oxygen atoms in total. The van der Waals surface area contributed by atoms with Crippen LogP contribution in [0.3, 0.4) is 0 Å². The number of oxazole rings is 1. The Morgan fingerprint density at radius 3 is 2.53 bits per heavy atom. The smallest absolute Gasteiger partial charge is 0.416 e. The van der Waals surface area contributed by atoms with E-state index in [-0.39, 0.29) is 12.3 Å². The zero-order chi connectivity index (χ0) is 21.9. The van der Waals surface area contributed by atoms with Crippen LogP contribution >= 0.6 is 0 Å². The number of nitrogens with zero attached hydrogens (tertiary/aromatic N) is 1. The molecule has 3 rings (SSSR count). The summed E-state index contributed by atoms with van der Waals surface area (Å²) in [6.45, 7) is 3.50. The van der Waals surface area contributed by atoms with Gasteiger partial charge in [0.25, 0.3) is 0 Å². The van der Waals surface area contributed by atoms with Crippen molar-refractivity contribution in [2.45, 2.75) is 39.0 Å². The lowest BCUT2D eigenvalue weighted by Crippen LogP contribution is -2.04. The van der Waals surface area contributed by atoms with Crippen molar-refractivity contribution in [1.82, 2.24) is 4.98 Å². The van der Waals surface area contributed by atoms with Crippen molar-refractivity contribution in [3.63, 3.8) is 0 Å². The molecule has 0 spiro atoms. The standard InChI is InChI=1S/C22H20F3NO4/c1-13-20(14(2)29-18-5-3-4-15(12-18)6-11-19(27)28)30-21(26-13)16-7-9-17(10-8-16)22(23,24)25/h3-5,7-10,12,14H,6,11H2,1-2H3,(H,27,28)/t14-/m0/s1. The van der Waals surface area contributed by atoms with E-state index in [0.717, 1.165) is 17.7 Å². The lowest BCUT2D eigenvalue weighted by Gasteiger charge is -2.13. The van der Waals surface area contributed by atoms with Gasteiger partial charge in [0.05, 0.1) is 11.3 Å². The predicted molar refractivity (Wildman–Crippen MR) is 103 cm³/mol. The average molecular weight is 419 g/mol. The maximum atomic E-state index is 12.7. The molecule has 0 saturated heterocycles. The third-order valence-corrected chi connectivity index (χ3v) is 4.50. The Balaban J connectivity index is 1.75. The largest absolute Gasteiger partial charge is 0.483 e. The normalized spacial score (nSPS) is 12.6. The number of carbonyl (C=O) groups is 1. The van der Waals surface area contributed by atoms with Gasteiger partial charge in [0.2, 0.25) is 5.89 Å². The lowest BCUT2D eigenvalue weighted by molar-refractivity contribution is -0.138. The highest BCUT2D eigenvalue weighted by Gasteiger charge is 2.30. The number of aromatic nitrogens is 1. The number of alkyl halides is 3. The molecule has 3 aromatic rings. The van der Waals surface area contributed by atoms with Gasteiger partial charge in [-0.1, -0.05) is 12.1 Å². The highest BCUT2D eigenvalue weighted by atomic mass is 19.4. The summed E-state index contributed by atoms with van der Waals surface area (Å²) in [4.78, 5) is 15.0. The molecule has 8 heteroatoms. The van der Waals surface area contributed by atoms with Gasteiger partial charge in [-0.2, -0.15) is 13.2 Å². The van der Waals surface area contributed by atoms with Gasteiger partial charge < -0.3 is 14.3 Å². The maximum Gasteiger partial charge on any atom is 0.416 e. The van der Waals surface area contributed by atoms with Crippen LogP contribution in [0.5, 0.6) is 5.75 Å². The molecule has 1 heterocycles. The Morgan fingerprint density at radius 1 is 1.20 bits per heavy atom. The number of carboxylic acid groups (broad SMARTS) is 1. The van der Waals surface area contributed by atoms with Gasteiger partial charge in [-0.25, -0.2) is 4.98 Å². The van der Waals surface area contributed by atoms with E-state index >= 15 is 0 Å². The molecule has 0 aliphatic heterocycles. The zero-order valence-corrected chi connectivity index (χ0v) is 16.4. The first-order chi connectivity index (χ1) is 14.1. The van der Waals surface area contributed by atoms with E-state index in [2.05, 4.69) is 4.98 Å². The molecule has 0 aliphatic rings. The molecule has 0 radical (unpaired) electrons. The first kappa shape index (κ1) is 21.4. The minimum atomic E-state index is -4.41. The predicted octanol–water partition coefficient (Wildman–Crippen LogP) is 5.83. The number of ether oxygens (including phenoxy) is 1. The Hall–Kier alpha value is -3.29. The van der Waals surface area contributed by atoms with Crippen LogP contribution in [0.25, 0.3) is 11.5 Å². The Kier molecular flexibility index (Phi) is 6.14. The number of halogens is 3. The molecule has 30 heavy (non-hydrogen) atoms. The summed E-state index contributed by atoms with van der Waals surface area (Å²) in [5.74, 6) is 0.350. The fraction of sp³-hybridized carbons (Fsp3) is 0.273. The van der Waals surface area contributed by atoms with Crippen molar-refractivity contribution in [3.8, 4) is 17.2 Å². The van der Waals surface area contributed by atoms with Crippen LogP contribution in [0.4, 0.5) is 13.2 Å². The van der Waals surface area contributed by atoms with Crippen molar-refractivity contribution in [1.29, 1.82) is 0 Å². The number of benzene rings is 2. The Labute approximate surface area is 171 Å². The minimum Gasteiger partial charge on any atom is -0.483 e. The van der Waals surface area contributed by atoms with Crippen LogP contribution in [-0.4, -0.2) is 16.1 Å². The second-order valence-electron chi connectivity index (χ2n) is 6.85. The van der Waals surface area contributed by atoms with Crippen molar-refractivity contribution >= 4 is 5.97 Å². The Bertz CT molecular complexity index is 1030. The van der Waals surface area contributed by atoms with Crippen LogP contribution in [0.2, 0.25) is 0 Å². The van der Waals surface area contributed by atoms with E-state index in [4.69, 9.17) is 14.3 Å². The van der Waals surface area contributed by atoms with Crippen LogP contribution in [0.1, 0.15) is 42.0 Å². The van der Waals surface area contributed by atoms with E-state index < -0.39 is 23.8 Å². The van der Waals surface area contributed by atoms with Crippen LogP contribution in [0, 0.1) is 6.92 Å². The van der Waals surface area contributed by atoms with Crippen molar-refractivity contribution in [2.24, 2.45) is 0 Å². The number of hydrogen-bond donors (Lipinski definition) is 1. The number of aliphatic carboxylic acids is 1.